The van der Waals surface area contributed by atoms with Crippen molar-refractivity contribution in [3.05, 3.63) is 0 Å². The number of amides is 1. The maximum absolute atomic E-state index is 12.0. The molecule has 0 radical (unpaired) electrons. The second-order valence-corrected chi connectivity index (χ2v) is 5.13. The summed E-state index contributed by atoms with van der Waals surface area (Å²) in [5.74, 6) is -0.789. The topological polar surface area (TPSA) is 69.6 Å². The van der Waals surface area contributed by atoms with Crippen LogP contribution in [0.4, 0.5) is 0 Å². The monoisotopic (exact) mass is 256 g/mol. The SMILES string of the molecule is CCC(C)NC(=O)C(C)N1CCCC1CC(=O)O. The Morgan fingerprint density at radius 2 is 2.11 bits per heavy atom. The third-order valence-electron chi connectivity index (χ3n) is 3.71. The summed E-state index contributed by atoms with van der Waals surface area (Å²) in [6.07, 6.45) is 2.87. The van der Waals surface area contributed by atoms with Crippen LogP contribution < -0.4 is 5.32 Å². The second-order valence-electron chi connectivity index (χ2n) is 5.13. The third-order valence-corrected chi connectivity index (χ3v) is 3.71. The molecule has 0 aromatic rings. The van der Waals surface area contributed by atoms with Gasteiger partial charge in [-0.25, -0.2) is 0 Å². The molecule has 1 saturated heterocycles. The summed E-state index contributed by atoms with van der Waals surface area (Å²) in [5, 5.41) is 11.8. The van der Waals surface area contributed by atoms with Gasteiger partial charge >= 0.3 is 5.97 Å². The lowest BCUT2D eigenvalue weighted by Gasteiger charge is -2.29. The molecule has 0 aromatic heterocycles. The van der Waals surface area contributed by atoms with Crippen molar-refractivity contribution < 1.29 is 14.7 Å². The lowest BCUT2D eigenvalue weighted by Crippen LogP contribution is -2.49. The molecule has 1 aliphatic heterocycles. The minimum Gasteiger partial charge on any atom is -0.481 e. The van der Waals surface area contributed by atoms with E-state index in [1.54, 1.807) is 0 Å². The van der Waals surface area contributed by atoms with E-state index in [-0.39, 0.29) is 30.5 Å². The van der Waals surface area contributed by atoms with Gasteiger partial charge in [0.05, 0.1) is 12.5 Å². The number of hydrogen-bond donors (Lipinski definition) is 2. The van der Waals surface area contributed by atoms with Crippen LogP contribution in [-0.4, -0.2) is 46.6 Å². The van der Waals surface area contributed by atoms with Gasteiger partial charge in [0.25, 0.3) is 0 Å². The zero-order valence-electron chi connectivity index (χ0n) is 11.5. The van der Waals surface area contributed by atoms with E-state index >= 15 is 0 Å². The first-order valence-electron chi connectivity index (χ1n) is 6.73. The average molecular weight is 256 g/mol. The summed E-state index contributed by atoms with van der Waals surface area (Å²) in [4.78, 5) is 24.8. The minimum absolute atomic E-state index is 0.000169. The molecule has 2 N–H and O–H groups in total. The first kappa shape index (κ1) is 15.0. The Bertz CT molecular complexity index is 307. The summed E-state index contributed by atoms with van der Waals surface area (Å²) >= 11 is 0. The molecule has 3 unspecified atom stereocenters. The average Bonchev–Trinajstić information content (AvgIpc) is 2.74. The zero-order chi connectivity index (χ0) is 13.7. The van der Waals surface area contributed by atoms with Crippen molar-refractivity contribution in [2.75, 3.05) is 6.54 Å². The smallest absolute Gasteiger partial charge is 0.304 e. The molecule has 3 atom stereocenters. The molecule has 1 fully saturated rings. The molecular formula is C13H24N2O3. The van der Waals surface area contributed by atoms with Crippen molar-refractivity contribution in [3.8, 4) is 0 Å². The van der Waals surface area contributed by atoms with Crippen molar-refractivity contribution in [1.82, 2.24) is 10.2 Å². The molecule has 0 bridgehead atoms. The van der Waals surface area contributed by atoms with E-state index in [4.69, 9.17) is 5.11 Å². The largest absolute Gasteiger partial charge is 0.481 e. The number of likely N-dealkylation sites (tertiary alicyclic amines) is 1. The van der Waals surface area contributed by atoms with E-state index in [1.165, 1.54) is 0 Å². The van der Waals surface area contributed by atoms with E-state index in [0.29, 0.717) is 0 Å². The summed E-state index contributed by atoms with van der Waals surface area (Å²) in [6, 6.07) is -0.0773. The Morgan fingerprint density at radius 1 is 1.44 bits per heavy atom. The van der Waals surface area contributed by atoms with Gasteiger partial charge in [-0.3, -0.25) is 14.5 Å². The van der Waals surface area contributed by atoms with E-state index in [2.05, 4.69) is 5.32 Å². The number of carbonyl (C=O) groups excluding carboxylic acids is 1. The first-order chi connectivity index (χ1) is 8.45. The molecule has 1 aliphatic rings. The van der Waals surface area contributed by atoms with Crippen LogP contribution in [0, 0.1) is 0 Å². The number of carboxylic acids is 1. The van der Waals surface area contributed by atoms with Gasteiger partial charge < -0.3 is 10.4 Å². The van der Waals surface area contributed by atoms with Gasteiger partial charge in [0, 0.05) is 12.1 Å². The van der Waals surface area contributed by atoms with Crippen LogP contribution in [-0.2, 0) is 9.59 Å². The zero-order valence-corrected chi connectivity index (χ0v) is 11.5. The standard InChI is InChI=1S/C13H24N2O3/c1-4-9(2)14-13(18)10(3)15-7-5-6-11(15)8-12(16)17/h9-11H,4-8H2,1-3H3,(H,14,18)(H,16,17). The maximum Gasteiger partial charge on any atom is 0.304 e. The van der Waals surface area contributed by atoms with Crippen LogP contribution in [0.3, 0.4) is 0 Å². The van der Waals surface area contributed by atoms with Crippen LogP contribution in [0.1, 0.15) is 46.5 Å². The molecule has 0 spiro atoms. The number of nitrogens with zero attached hydrogens (tertiary/aromatic N) is 1. The number of aliphatic carboxylic acids is 1. The molecule has 5 heteroatoms. The number of nitrogens with one attached hydrogen (secondary N) is 1. The Kier molecular flexibility index (Phi) is 5.59. The highest BCUT2D eigenvalue weighted by Gasteiger charge is 2.33. The summed E-state index contributed by atoms with van der Waals surface area (Å²) in [7, 11) is 0. The van der Waals surface area contributed by atoms with Gasteiger partial charge in [-0.2, -0.15) is 0 Å². The van der Waals surface area contributed by atoms with Gasteiger partial charge in [0.15, 0.2) is 0 Å². The summed E-state index contributed by atoms with van der Waals surface area (Å²) in [5.41, 5.74) is 0. The fourth-order valence-electron chi connectivity index (χ4n) is 2.40. The Hall–Kier alpha value is -1.10. The number of rotatable bonds is 6. The fraction of sp³-hybridized carbons (Fsp3) is 0.846. The van der Waals surface area contributed by atoms with E-state index in [9.17, 15) is 9.59 Å². The normalized spacial score (nSPS) is 23.6. The second kappa shape index (κ2) is 6.73. The van der Waals surface area contributed by atoms with E-state index < -0.39 is 5.97 Å². The summed E-state index contributed by atoms with van der Waals surface area (Å²) < 4.78 is 0. The number of hydrogen-bond acceptors (Lipinski definition) is 3. The quantitative estimate of drug-likeness (QED) is 0.750. The molecule has 104 valence electrons. The highest BCUT2D eigenvalue weighted by atomic mass is 16.4. The minimum atomic E-state index is -0.790. The van der Waals surface area contributed by atoms with Crippen molar-refractivity contribution >= 4 is 11.9 Å². The van der Waals surface area contributed by atoms with Crippen LogP contribution in [0.5, 0.6) is 0 Å². The molecule has 1 heterocycles. The molecule has 1 amide bonds. The molecule has 0 saturated carbocycles. The highest BCUT2D eigenvalue weighted by Crippen LogP contribution is 2.22. The van der Waals surface area contributed by atoms with Crippen LogP contribution >= 0.6 is 0 Å². The van der Waals surface area contributed by atoms with Crippen LogP contribution in [0.25, 0.3) is 0 Å². The molecule has 0 aromatic carbocycles. The predicted octanol–water partition coefficient (Wildman–Crippen LogP) is 1.23. The number of carbonyl (C=O) groups is 2. The van der Waals surface area contributed by atoms with Crippen LogP contribution in [0.2, 0.25) is 0 Å². The van der Waals surface area contributed by atoms with Gasteiger partial charge in [-0.1, -0.05) is 6.92 Å². The fourth-order valence-corrected chi connectivity index (χ4v) is 2.40. The number of carboxylic acid groups (broad SMARTS) is 1. The van der Waals surface area contributed by atoms with Crippen LogP contribution in [0.15, 0.2) is 0 Å². The molecule has 0 aliphatic carbocycles. The Labute approximate surface area is 109 Å². The van der Waals surface area contributed by atoms with Gasteiger partial charge in [0.1, 0.15) is 0 Å². The maximum atomic E-state index is 12.0. The molecule has 5 nitrogen and oxygen atoms in total. The molecular weight excluding hydrogens is 232 g/mol. The lowest BCUT2D eigenvalue weighted by molar-refractivity contribution is -0.139. The first-order valence-corrected chi connectivity index (χ1v) is 6.73. The van der Waals surface area contributed by atoms with E-state index in [1.807, 2.05) is 25.7 Å². The van der Waals surface area contributed by atoms with Gasteiger partial charge in [0.2, 0.25) is 5.91 Å². The van der Waals surface area contributed by atoms with E-state index in [0.717, 1.165) is 25.8 Å². The van der Waals surface area contributed by atoms with Gasteiger partial charge in [-0.05, 0) is 39.7 Å². The summed E-state index contributed by atoms with van der Waals surface area (Å²) in [6.45, 7) is 6.67. The van der Waals surface area contributed by atoms with Crippen molar-refractivity contribution in [2.45, 2.75) is 64.6 Å². The van der Waals surface area contributed by atoms with Crippen molar-refractivity contribution in [2.24, 2.45) is 0 Å². The molecule has 18 heavy (non-hydrogen) atoms. The predicted molar refractivity (Wildman–Crippen MR) is 69.3 cm³/mol. The molecule has 1 rings (SSSR count). The Balaban J connectivity index is 2.56. The lowest BCUT2D eigenvalue weighted by atomic mass is 10.1. The van der Waals surface area contributed by atoms with Gasteiger partial charge in [-0.15, -0.1) is 0 Å². The van der Waals surface area contributed by atoms with Crippen molar-refractivity contribution in [3.63, 3.8) is 0 Å². The Morgan fingerprint density at radius 3 is 2.67 bits per heavy atom. The third kappa shape index (κ3) is 3.98. The highest BCUT2D eigenvalue weighted by molar-refractivity contribution is 5.81. The van der Waals surface area contributed by atoms with Crippen molar-refractivity contribution in [1.29, 1.82) is 0 Å².